The minimum atomic E-state index is -0.442. The summed E-state index contributed by atoms with van der Waals surface area (Å²) in [4.78, 5) is 11.0. The molecule has 2 atom stereocenters. The highest BCUT2D eigenvalue weighted by Crippen LogP contribution is 2.42. The van der Waals surface area contributed by atoms with E-state index < -0.39 is 6.09 Å². The van der Waals surface area contributed by atoms with Crippen molar-refractivity contribution >= 4 is 11.8 Å². The first kappa shape index (κ1) is 9.49. The quantitative estimate of drug-likeness (QED) is 0.686. The van der Waals surface area contributed by atoms with E-state index in [1.54, 1.807) is 6.92 Å². The van der Waals surface area contributed by atoms with Crippen molar-refractivity contribution in [1.82, 2.24) is 5.43 Å². The van der Waals surface area contributed by atoms with Crippen LogP contribution in [-0.4, -0.2) is 18.4 Å². The Bertz CT molecular complexity index is 263. The number of fused-ring (bicyclic) bond motifs is 2. The molecule has 0 radical (unpaired) electrons. The van der Waals surface area contributed by atoms with Crippen LogP contribution in [0.1, 0.15) is 32.6 Å². The molecule has 2 fully saturated rings. The molecule has 2 saturated carbocycles. The number of nitrogens with zero attached hydrogens (tertiary/aromatic N) is 1. The molecule has 0 aromatic heterocycles. The predicted octanol–water partition coefficient (Wildman–Crippen LogP) is 1.91. The lowest BCUT2D eigenvalue weighted by Crippen LogP contribution is -2.22. The molecule has 0 saturated heterocycles. The molecule has 2 unspecified atom stereocenters. The Morgan fingerprint density at radius 1 is 1.64 bits per heavy atom. The van der Waals surface area contributed by atoms with Gasteiger partial charge in [-0.15, -0.1) is 0 Å². The topological polar surface area (TPSA) is 50.7 Å². The Morgan fingerprint density at radius 2 is 2.50 bits per heavy atom. The van der Waals surface area contributed by atoms with Gasteiger partial charge in [0.2, 0.25) is 0 Å². The highest BCUT2D eigenvalue weighted by Gasteiger charge is 2.36. The number of hydrazone groups is 1. The number of hydrogen-bond acceptors (Lipinski definition) is 3. The van der Waals surface area contributed by atoms with Gasteiger partial charge in [0.1, 0.15) is 0 Å². The number of carbonyl (C=O) groups excluding carboxylic acids is 1. The fourth-order valence-corrected chi connectivity index (χ4v) is 2.44. The normalized spacial score (nSPS) is 32.2. The largest absolute Gasteiger partial charge is 0.449 e. The second-order valence-electron chi connectivity index (χ2n) is 4.02. The van der Waals surface area contributed by atoms with Crippen LogP contribution in [0.3, 0.4) is 0 Å². The molecule has 2 aliphatic carbocycles. The molecule has 2 bridgehead atoms. The smallest absolute Gasteiger partial charge is 0.427 e. The van der Waals surface area contributed by atoms with E-state index in [0.29, 0.717) is 12.5 Å². The fourth-order valence-electron chi connectivity index (χ4n) is 2.44. The number of rotatable bonds is 2. The molecule has 78 valence electrons. The summed E-state index contributed by atoms with van der Waals surface area (Å²) in [5, 5.41) is 4.12. The van der Waals surface area contributed by atoms with Crippen molar-refractivity contribution in [1.29, 1.82) is 0 Å². The molecule has 0 spiro atoms. The first-order valence-corrected chi connectivity index (χ1v) is 5.28. The average Bonchev–Trinajstić information content (AvgIpc) is 2.76. The van der Waals surface area contributed by atoms with Crippen molar-refractivity contribution in [2.75, 3.05) is 6.61 Å². The summed E-state index contributed by atoms with van der Waals surface area (Å²) in [5.74, 6) is 1.45. The molecule has 0 aromatic carbocycles. The Labute approximate surface area is 83.7 Å². The highest BCUT2D eigenvalue weighted by atomic mass is 16.5. The Hall–Kier alpha value is -1.06. The van der Waals surface area contributed by atoms with Gasteiger partial charge < -0.3 is 4.74 Å². The van der Waals surface area contributed by atoms with E-state index >= 15 is 0 Å². The van der Waals surface area contributed by atoms with E-state index in [-0.39, 0.29) is 0 Å². The van der Waals surface area contributed by atoms with Crippen LogP contribution in [0.25, 0.3) is 0 Å². The number of nitrogens with one attached hydrogen (secondary N) is 1. The van der Waals surface area contributed by atoms with E-state index in [9.17, 15) is 4.79 Å². The predicted molar refractivity (Wildman–Crippen MR) is 53.0 cm³/mol. The van der Waals surface area contributed by atoms with Gasteiger partial charge in [0.05, 0.1) is 6.61 Å². The molecule has 4 nitrogen and oxygen atoms in total. The molecule has 1 amide bonds. The zero-order chi connectivity index (χ0) is 9.97. The van der Waals surface area contributed by atoms with Crippen molar-refractivity contribution in [3.8, 4) is 0 Å². The summed E-state index contributed by atoms with van der Waals surface area (Å²) in [6, 6.07) is 0. The minimum Gasteiger partial charge on any atom is -0.449 e. The van der Waals surface area contributed by atoms with Gasteiger partial charge in [0, 0.05) is 5.71 Å². The van der Waals surface area contributed by atoms with Gasteiger partial charge in [-0.3, -0.25) is 0 Å². The molecule has 14 heavy (non-hydrogen) atoms. The summed E-state index contributed by atoms with van der Waals surface area (Å²) in [6.45, 7) is 2.17. The highest BCUT2D eigenvalue weighted by molar-refractivity contribution is 5.90. The third kappa shape index (κ3) is 1.89. The summed E-state index contributed by atoms with van der Waals surface area (Å²) >= 11 is 0. The van der Waals surface area contributed by atoms with E-state index in [2.05, 4.69) is 10.5 Å². The number of hydrogen-bond donors (Lipinski definition) is 1. The van der Waals surface area contributed by atoms with Crippen LogP contribution in [-0.2, 0) is 4.74 Å². The van der Waals surface area contributed by atoms with Crippen molar-refractivity contribution in [2.24, 2.45) is 16.9 Å². The maximum absolute atomic E-state index is 11.0. The molecule has 0 aliphatic heterocycles. The third-order valence-electron chi connectivity index (χ3n) is 3.08. The van der Waals surface area contributed by atoms with Crippen molar-refractivity contribution in [3.63, 3.8) is 0 Å². The number of carbonyl (C=O) groups is 1. The van der Waals surface area contributed by atoms with Crippen LogP contribution in [0.4, 0.5) is 4.79 Å². The summed E-state index contributed by atoms with van der Waals surface area (Å²) in [7, 11) is 0. The van der Waals surface area contributed by atoms with E-state index in [1.165, 1.54) is 19.3 Å². The molecule has 4 heteroatoms. The monoisotopic (exact) mass is 196 g/mol. The second kappa shape index (κ2) is 3.98. The van der Waals surface area contributed by atoms with Crippen LogP contribution >= 0.6 is 0 Å². The summed E-state index contributed by atoms with van der Waals surface area (Å²) < 4.78 is 4.72. The molecule has 2 aliphatic rings. The van der Waals surface area contributed by atoms with Gasteiger partial charge >= 0.3 is 6.09 Å². The minimum absolute atomic E-state index is 0.392. The lowest BCUT2D eigenvalue weighted by molar-refractivity contribution is 0.152. The average molecular weight is 196 g/mol. The number of ether oxygens (including phenoxy) is 1. The Kier molecular flexibility index (Phi) is 2.70. The third-order valence-corrected chi connectivity index (χ3v) is 3.08. The first-order chi connectivity index (χ1) is 6.79. The van der Waals surface area contributed by atoms with Gasteiger partial charge in [-0.1, -0.05) is 0 Å². The van der Waals surface area contributed by atoms with Crippen LogP contribution in [0.2, 0.25) is 0 Å². The molecule has 2 rings (SSSR count). The summed E-state index contributed by atoms with van der Waals surface area (Å²) in [6.07, 6.45) is 4.47. The van der Waals surface area contributed by atoms with Crippen molar-refractivity contribution in [2.45, 2.75) is 32.6 Å². The summed E-state index contributed by atoms with van der Waals surface area (Å²) in [5.41, 5.74) is 3.60. The van der Waals surface area contributed by atoms with Gasteiger partial charge in [-0.25, -0.2) is 10.2 Å². The van der Waals surface area contributed by atoms with Gasteiger partial charge in [-0.05, 0) is 44.4 Å². The van der Waals surface area contributed by atoms with Crippen molar-refractivity contribution in [3.05, 3.63) is 0 Å². The standard InChI is InChI=1S/C10H16N2O2/c1-2-14-10(13)12-11-9-6-7-3-4-8(9)5-7/h7-8H,2-6H2,1H3,(H,12,13)/b11-9+. The van der Waals surface area contributed by atoms with Gasteiger partial charge in [0.25, 0.3) is 0 Å². The Morgan fingerprint density at radius 3 is 3.07 bits per heavy atom. The molecule has 1 N–H and O–H groups in total. The van der Waals surface area contributed by atoms with E-state index in [1.807, 2.05) is 0 Å². The second-order valence-corrected chi connectivity index (χ2v) is 4.02. The number of amides is 1. The Balaban J connectivity index is 1.84. The molecular weight excluding hydrogens is 180 g/mol. The first-order valence-electron chi connectivity index (χ1n) is 5.28. The van der Waals surface area contributed by atoms with Crippen LogP contribution in [0.15, 0.2) is 5.10 Å². The molecule has 0 aromatic rings. The molecule has 0 heterocycles. The lowest BCUT2D eigenvalue weighted by atomic mass is 9.99. The van der Waals surface area contributed by atoms with Crippen LogP contribution in [0.5, 0.6) is 0 Å². The van der Waals surface area contributed by atoms with Crippen molar-refractivity contribution < 1.29 is 9.53 Å². The van der Waals surface area contributed by atoms with Crippen LogP contribution < -0.4 is 5.43 Å². The van der Waals surface area contributed by atoms with Gasteiger partial charge in [0.15, 0.2) is 0 Å². The maximum Gasteiger partial charge on any atom is 0.427 e. The maximum atomic E-state index is 11.0. The zero-order valence-corrected chi connectivity index (χ0v) is 8.45. The fraction of sp³-hybridized carbons (Fsp3) is 0.800. The van der Waals surface area contributed by atoms with E-state index in [0.717, 1.165) is 18.1 Å². The SMILES string of the molecule is CCOC(=O)N/N=C1\CC2CCC1C2. The molecular formula is C10H16N2O2. The van der Waals surface area contributed by atoms with Gasteiger partial charge in [-0.2, -0.15) is 5.10 Å². The lowest BCUT2D eigenvalue weighted by Gasteiger charge is -2.11. The van der Waals surface area contributed by atoms with Crippen LogP contribution in [0, 0.1) is 11.8 Å². The van der Waals surface area contributed by atoms with E-state index in [4.69, 9.17) is 4.74 Å². The zero-order valence-electron chi connectivity index (χ0n) is 8.45.